The van der Waals surface area contributed by atoms with Crippen molar-refractivity contribution < 1.29 is 9.59 Å². The summed E-state index contributed by atoms with van der Waals surface area (Å²) in [6.45, 7) is 4.03. The Morgan fingerprint density at radius 2 is 1.61 bits per heavy atom. The molecule has 8 rings (SSSR count). The molecule has 6 atom stereocenters. The van der Waals surface area contributed by atoms with Crippen molar-refractivity contribution in [2.75, 3.05) is 0 Å². The number of nitrogens with one attached hydrogen (secondary N) is 1. The van der Waals surface area contributed by atoms with Crippen LogP contribution in [0, 0.1) is 5.92 Å². The molecular weight excluding hydrogens is 468 g/mol. The Morgan fingerprint density at radius 3 is 2.45 bits per heavy atom. The zero-order valence-electron chi connectivity index (χ0n) is 21.5. The number of nitrogens with zero attached hydrogens (tertiary/aromatic N) is 1. The molecule has 0 saturated carbocycles. The summed E-state index contributed by atoms with van der Waals surface area (Å²) >= 11 is 0. The number of carbonyl (C=O) groups excluding carboxylic acids is 2. The Hall–Kier alpha value is -4.18. The van der Waals surface area contributed by atoms with Crippen LogP contribution in [-0.4, -0.2) is 22.9 Å². The van der Waals surface area contributed by atoms with E-state index in [0.717, 1.165) is 21.9 Å². The van der Waals surface area contributed by atoms with Crippen molar-refractivity contribution in [2.24, 2.45) is 5.92 Å². The highest BCUT2D eigenvalue weighted by Gasteiger charge is 2.66. The molecule has 1 aliphatic heterocycles. The molecule has 4 aromatic carbocycles. The smallest absolute Gasteiger partial charge is 0.324 e. The van der Waals surface area contributed by atoms with Crippen molar-refractivity contribution in [1.82, 2.24) is 10.2 Å². The molecule has 3 aliphatic carbocycles. The van der Waals surface area contributed by atoms with Gasteiger partial charge in [0.05, 0.1) is 18.0 Å². The first-order valence-corrected chi connectivity index (χ1v) is 13.5. The molecule has 1 fully saturated rings. The average molecular weight is 499 g/mol. The number of rotatable bonds is 3. The lowest BCUT2D eigenvalue weighted by molar-refractivity contribution is -0.130. The summed E-state index contributed by atoms with van der Waals surface area (Å²) in [6.07, 6.45) is 4.51. The lowest BCUT2D eigenvalue weighted by Crippen LogP contribution is -2.51. The predicted molar refractivity (Wildman–Crippen MR) is 150 cm³/mol. The van der Waals surface area contributed by atoms with Crippen molar-refractivity contribution in [3.05, 3.63) is 131 Å². The minimum absolute atomic E-state index is 0.0145. The van der Waals surface area contributed by atoms with Gasteiger partial charge in [0.15, 0.2) is 0 Å². The lowest BCUT2D eigenvalue weighted by atomic mass is 9.50. The molecular formula is C34H30N2O2. The van der Waals surface area contributed by atoms with Gasteiger partial charge in [0.25, 0.3) is 0 Å². The van der Waals surface area contributed by atoms with Crippen molar-refractivity contribution >= 4 is 22.7 Å². The second-order valence-corrected chi connectivity index (χ2v) is 10.9. The highest BCUT2D eigenvalue weighted by atomic mass is 16.2. The van der Waals surface area contributed by atoms with Crippen LogP contribution < -0.4 is 5.32 Å². The summed E-state index contributed by atoms with van der Waals surface area (Å²) in [7, 11) is 0. The van der Waals surface area contributed by atoms with Crippen LogP contribution in [0.25, 0.3) is 10.8 Å². The molecule has 4 nitrogen and oxygen atoms in total. The van der Waals surface area contributed by atoms with Gasteiger partial charge in [-0.25, -0.2) is 4.79 Å². The molecule has 38 heavy (non-hydrogen) atoms. The number of amides is 3. The molecule has 188 valence electrons. The van der Waals surface area contributed by atoms with E-state index in [2.05, 4.69) is 72.1 Å². The maximum atomic E-state index is 14.3. The number of hydrogen-bond acceptors (Lipinski definition) is 2. The molecule has 0 aromatic heterocycles. The standard InChI is InChI=1S/C34H30N2O2/c1-21(25-17-10-14-23-11-6-7-15-26(23)25)35-33(38)36-22(2)34-20-19-28(27-16-8-9-18-29(27)34)30(31(34)32(36)37)24-12-4-3-5-13-24/h3-22,28,30-31H,1-2H3,(H,35,38)/t21-,22-,28+,30+,31+,34+/m0/s1. The number of likely N-dealkylation sites (tertiary alicyclic amines) is 1. The van der Waals surface area contributed by atoms with Gasteiger partial charge in [0.2, 0.25) is 5.91 Å². The Bertz CT molecular complexity index is 1600. The highest BCUT2D eigenvalue weighted by molar-refractivity contribution is 6.01. The average Bonchev–Trinajstić information content (AvgIpc) is 3.20. The zero-order chi connectivity index (χ0) is 26.0. The fourth-order valence-electron chi connectivity index (χ4n) is 7.58. The molecule has 1 heterocycles. The van der Waals surface area contributed by atoms with Crippen molar-refractivity contribution in [3.8, 4) is 0 Å². The molecule has 0 radical (unpaired) electrons. The number of fused-ring (bicyclic) bond motifs is 1. The number of benzene rings is 4. The Balaban J connectivity index is 1.29. The van der Waals surface area contributed by atoms with Crippen LogP contribution in [0.3, 0.4) is 0 Å². The van der Waals surface area contributed by atoms with Crippen LogP contribution in [0.4, 0.5) is 4.79 Å². The lowest BCUT2D eigenvalue weighted by Gasteiger charge is -2.51. The quantitative estimate of drug-likeness (QED) is 0.314. The number of imide groups is 1. The molecule has 4 aromatic rings. The highest BCUT2D eigenvalue weighted by Crippen LogP contribution is 2.64. The molecule has 2 bridgehead atoms. The van der Waals surface area contributed by atoms with E-state index in [1.165, 1.54) is 16.0 Å². The molecule has 1 saturated heterocycles. The van der Waals surface area contributed by atoms with Gasteiger partial charge in [-0.1, -0.05) is 109 Å². The monoisotopic (exact) mass is 498 g/mol. The second kappa shape index (κ2) is 8.42. The van der Waals surface area contributed by atoms with Gasteiger partial charge in [0.1, 0.15) is 0 Å². The van der Waals surface area contributed by atoms with E-state index in [-0.39, 0.29) is 41.8 Å². The first kappa shape index (κ1) is 23.0. The number of hydrogen-bond donors (Lipinski definition) is 1. The Labute approximate surface area is 223 Å². The van der Waals surface area contributed by atoms with E-state index >= 15 is 0 Å². The second-order valence-electron chi connectivity index (χ2n) is 10.9. The summed E-state index contributed by atoms with van der Waals surface area (Å²) in [6, 6.07) is 32.3. The molecule has 4 heteroatoms. The Kier molecular flexibility index (Phi) is 5.09. The van der Waals surface area contributed by atoms with Gasteiger partial charge >= 0.3 is 6.03 Å². The van der Waals surface area contributed by atoms with E-state index < -0.39 is 5.41 Å². The molecule has 3 amide bonds. The van der Waals surface area contributed by atoms with Gasteiger partial charge in [0, 0.05) is 17.3 Å². The van der Waals surface area contributed by atoms with Crippen LogP contribution in [0.15, 0.2) is 109 Å². The fraction of sp³-hybridized carbons (Fsp3) is 0.235. The van der Waals surface area contributed by atoms with E-state index in [9.17, 15) is 9.59 Å². The van der Waals surface area contributed by atoms with Crippen LogP contribution in [-0.2, 0) is 10.2 Å². The van der Waals surface area contributed by atoms with Crippen molar-refractivity contribution in [2.45, 2.75) is 43.2 Å². The zero-order valence-corrected chi connectivity index (χ0v) is 21.5. The van der Waals surface area contributed by atoms with Crippen molar-refractivity contribution in [3.63, 3.8) is 0 Å². The maximum Gasteiger partial charge on any atom is 0.324 e. The van der Waals surface area contributed by atoms with Crippen LogP contribution >= 0.6 is 0 Å². The first-order valence-electron chi connectivity index (χ1n) is 13.5. The molecule has 1 spiro atoms. The van der Waals surface area contributed by atoms with Crippen LogP contribution in [0.2, 0.25) is 0 Å². The van der Waals surface area contributed by atoms with Crippen LogP contribution in [0.1, 0.15) is 54.0 Å². The SMILES string of the molecule is C[C@H](NC(=O)N1C(=O)[C@H]2[C@H](c3ccccc3)[C@@H]3C=C[C@]2(c2ccccc23)[C@@H]1C)c1cccc2ccccc12. The summed E-state index contributed by atoms with van der Waals surface area (Å²) in [5.41, 5.74) is 4.09. The van der Waals surface area contributed by atoms with E-state index in [4.69, 9.17) is 0 Å². The van der Waals surface area contributed by atoms with Gasteiger partial charge in [-0.2, -0.15) is 0 Å². The molecule has 1 N–H and O–H groups in total. The minimum atomic E-state index is -0.553. The molecule has 0 unspecified atom stereocenters. The van der Waals surface area contributed by atoms with E-state index in [1.807, 2.05) is 56.3 Å². The summed E-state index contributed by atoms with van der Waals surface area (Å²) in [5.74, 6) is -0.324. The van der Waals surface area contributed by atoms with E-state index in [0.29, 0.717) is 0 Å². The summed E-state index contributed by atoms with van der Waals surface area (Å²) in [4.78, 5) is 29.8. The number of carbonyl (C=O) groups is 2. The summed E-state index contributed by atoms with van der Waals surface area (Å²) < 4.78 is 0. The van der Waals surface area contributed by atoms with E-state index in [1.54, 1.807) is 0 Å². The third kappa shape index (κ3) is 3.03. The number of allylic oxidation sites excluding steroid dienone is 1. The third-order valence-electron chi connectivity index (χ3n) is 9.24. The topological polar surface area (TPSA) is 49.4 Å². The maximum absolute atomic E-state index is 14.3. The predicted octanol–water partition coefficient (Wildman–Crippen LogP) is 6.85. The fourth-order valence-corrected chi connectivity index (χ4v) is 7.58. The Morgan fingerprint density at radius 1 is 0.895 bits per heavy atom. The normalized spacial score (nSPS) is 27.7. The minimum Gasteiger partial charge on any atom is -0.331 e. The molecule has 4 aliphatic rings. The van der Waals surface area contributed by atoms with Crippen LogP contribution in [0.5, 0.6) is 0 Å². The van der Waals surface area contributed by atoms with Gasteiger partial charge in [-0.3, -0.25) is 9.69 Å². The first-order chi connectivity index (χ1) is 18.5. The largest absolute Gasteiger partial charge is 0.331 e. The van der Waals surface area contributed by atoms with Gasteiger partial charge < -0.3 is 5.32 Å². The third-order valence-corrected chi connectivity index (χ3v) is 9.24. The summed E-state index contributed by atoms with van der Waals surface area (Å²) in [5, 5.41) is 5.41. The van der Waals surface area contributed by atoms with Crippen molar-refractivity contribution in [1.29, 1.82) is 0 Å². The van der Waals surface area contributed by atoms with Gasteiger partial charge in [-0.15, -0.1) is 0 Å². The number of urea groups is 1. The van der Waals surface area contributed by atoms with Gasteiger partial charge in [-0.05, 0) is 46.9 Å².